The fraction of sp³-hybridized carbons (Fsp3) is 0.208. The number of nitro benzene ring substituents is 4. The summed E-state index contributed by atoms with van der Waals surface area (Å²) in [5.41, 5.74) is 10.3. The van der Waals surface area contributed by atoms with E-state index in [0.717, 1.165) is 70.5 Å². The maximum Gasteiger partial charge on any atom is 1.00 e. The Balaban J connectivity index is 0.000000478. The summed E-state index contributed by atoms with van der Waals surface area (Å²) in [6, 6.07) is 62.7. The van der Waals surface area contributed by atoms with Gasteiger partial charge in [0.1, 0.15) is 12.4 Å². The number of rotatable bonds is 15. The number of non-ortho nitro benzene ring substituents is 4. The van der Waals surface area contributed by atoms with E-state index in [-0.39, 0.29) is 158 Å². The molecule has 1 radical (unpaired) electrons. The van der Waals surface area contributed by atoms with E-state index in [2.05, 4.69) is 61.5 Å². The number of carbonyl (C=O) groups is 1. The van der Waals surface area contributed by atoms with E-state index >= 15 is 0 Å². The Morgan fingerprint density at radius 2 is 0.772 bits per heavy atom. The molecule has 37 heteroatoms. The molecule has 2 N–H and O–H groups in total. The first-order valence-corrected chi connectivity index (χ1v) is 37.5. The third kappa shape index (κ3) is 32.2. The average molecular weight is 1850 g/mol. The summed E-state index contributed by atoms with van der Waals surface area (Å²) in [6.45, 7) is 19.9. The number of ether oxygens (including phenoxy) is 1. The van der Waals surface area contributed by atoms with Gasteiger partial charge in [-0.25, -0.2) is 0 Å². The second-order valence-electron chi connectivity index (χ2n) is 26.1. The molecule has 2 fully saturated rings. The monoisotopic (exact) mass is 1840 g/mol. The van der Waals surface area contributed by atoms with Crippen LogP contribution in [0.5, 0.6) is 5.75 Å². The van der Waals surface area contributed by atoms with Crippen molar-refractivity contribution in [3.63, 3.8) is 0 Å². The van der Waals surface area contributed by atoms with Gasteiger partial charge in [-0.1, -0.05) is 163 Å². The van der Waals surface area contributed by atoms with Crippen LogP contribution in [0.4, 0.5) is 22.7 Å². The molecule has 585 valence electrons. The molecule has 10 aromatic carbocycles. The molecule has 0 saturated carbocycles. The van der Waals surface area contributed by atoms with Crippen molar-refractivity contribution < 1.29 is 172 Å². The summed E-state index contributed by atoms with van der Waals surface area (Å²) in [6.07, 6.45) is 0. The van der Waals surface area contributed by atoms with Crippen LogP contribution in [0, 0.1) is 54.3 Å². The number of hydrogen-bond acceptors (Lipinski definition) is 20. The normalized spacial score (nSPS) is 13.2. The van der Waals surface area contributed by atoms with Crippen molar-refractivity contribution in [2.24, 2.45) is 4.30 Å². The van der Waals surface area contributed by atoms with Crippen LogP contribution in [-0.4, -0.2) is 87.6 Å². The van der Waals surface area contributed by atoms with Crippen LogP contribution in [0.25, 0.3) is 33.4 Å². The molecule has 12 rings (SSSR count). The summed E-state index contributed by atoms with van der Waals surface area (Å²) in [4.78, 5) is 52.6. The van der Waals surface area contributed by atoms with Gasteiger partial charge < -0.3 is 45.0 Å². The van der Waals surface area contributed by atoms with E-state index in [1.165, 1.54) is 30.3 Å². The molecule has 2 heterocycles. The van der Waals surface area contributed by atoms with Crippen LogP contribution in [0.2, 0.25) is 25.1 Å². The van der Waals surface area contributed by atoms with Gasteiger partial charge in [-0.05, 0) is 233 Å². The van der Waals surface area contributed by atoms with Crippen molar-refractivity contribution in [3.05, 3.63) is 311 Å². The van der Waals surface area contributed by atoms with Gasteiger partial charge in [0.15, 0.2) is 0 Å². The third-order valence-electron chi connectivity index (χ3n) is 17.4. The Bertz CT molecular complexity index is 4800. The molecule has 0 spiro atoms. The molecule has 2 saturated heterocycles. The van der Waals surface area contributed by atoms with E-state index in [1.54, 1.807) is 103 Å². The number of aryl methyl sites for hydroxylation is 2. The van der Waals surface area contributed by atoms with Crippen molar-refractivity contribution in [1.29, 1.82) is 0 Å². The zero-order chi connectivity index (χ0) is 83.4. The average Bonchev–Trinajstić information content (AvgIpc) is 1.63. The number of benzene rings is 10. The molecule has 2 aliphatic heterocycles. The molecule has 2 aliphatic rings. The first-order valence-electron chi connectivity index (χ1n) is 33.3. The van der Waals surface area contributed by atoms with Gasteiger partial charge in [0, 0.05) is 89.0 Å². The van der Waals surface area contributed by atoms with Crippen molar-refractivity contribution in [1.82, 2.24) is 0 Å². The molecule has 0 bridgehead atoms. The van der Waals surface area contributed by atoms with E-state index in [9.17, 15) is 40.5 Å². The van der Waals surface area contributed by atoms with E-state index < -0.39 is 45.1 Å². The zero-order valence-corrected chi connectivity index (χ0v) is 77.9. The standard InChI is InChI=1S/C25H25BClNO5.C13H9BrClNO2.C13H10ClNO2.C12H16BClO2.C7H6BrNO2.C6H6BClO2.CH2O3.BHNS.2K.H/c1-24(2)25(3,4)33-26(32-24)19-7-12-22(13-8-19)31-16-18-15-21(28(29)30)11-14-23(18)17-5-9-20(27)10-6-17;14-8-10-7-12(16(17)18)5-6-13(10)9-1-3-11(15)4-2-9;1-9-8-12(15(16)17)6-7-13(9)10-2-4-11(14)5-3-10;1-11(2)12(3,4)16-13(15-11)9-5-7-10(14)8-6-9;1-5-4-6(9(10)11)2-3-7(5)8;8-6-3-1-5(2-4-6)7(9)10;2-1-4-3;1-2-3;;;/h5-15H,16H2,1-4H3;1-7H,8H2;2-8H,1H3;5-8H,1-4H3;2-4H,1H3;1-4,9-10H;1,3H;3H;;;/q;;;;;;;;2*+1;-1/p-1. The van der Waals surface area contributed by atoms with Crippen molar-refractivity contribution in [2.45, 2.75) is 104 Å². The van der Waals surface area contributed by atoms with Gasteiger partial charge in [-0.15, -0.1) is 0 Å². The predicted molar refractivity (Wildman–Crippen MR) is 454 cm³/mol. The Morgan fingerprint density at radius 1 is 0.491 bits per heavy atom. The van der Waals surface area contributed by atoms with Gasteiger partial charge in [-0.2, -0.15) is 0 Å². The molecular weight excluding hydrogens is 1770 g/mol. The minimum atomic E-state index is -1.41. The van der Waals surface area contributed by atoms with E-state index in [0.29, 0.717) is 42.2 Å². The Morgan fingerprint density at radius 3 is 1.09 bits per heavy atom. The number of halogens is 7. The summed E-state index contributed by atoms with van der Waals surface area (Å²) in [7, 11) is 2.18. The fourth-order valence-electron chi connectivity index (χ4n) is 9.99. The topological polar surface area (TPSA) is 321 Å². The van der Waals surface area contributed by atoms with Crippen molar-refractivity contribution in [3.8, 4) is 39.1 Å². The fourth-order valence-corrected chi connectivity index (χ4v) is 11.3. The molecule has 0 aromatic heterocycles. The van der Waals surface area contributed by atoms with Gasteiger partial charge in [-0.3, -0.25) is 45.3 Å². The number of alkyl halides is 1. The largest absolute Gasteiger partial charge is 1.00 e. The van der Waals surface area contributed by atoms with Gasteiger partial charge in [0.2, 0.25) is 0 Å². The molecule has 10 aromatic rings. The molecule has 114 heavy (non-hydrogen) atoms. The first-order chi connectivity index (χ1) is 52.7. The maximum absolute atomic E-state index is 11.3. The predicted octanol–water partition coefficient (Wildman–Crippen LogP) is 12.9. The molecule has 0 unspecified atom stereocenters. The minimum Gasteiger partial charge on any atom is -1.00 e. The van der Waals surface area contributed by atoms with Crippen LogP contribution >= 0.6 is 103 Å². The number of carbonyl (C=O) groups excluding carboxylic acids is 1. The van der Waals surface area contributed by atoms with Crippen LogP contribution in [0.15, 0.2) is 227 Å². The van der Waals surface area contributed by atoms with E-state index in [1.807, 2.05) is 154 Å². The number of hydrogen-bond donors (Lipinski definition) is 3. The Kier molecular flexibility index (Phi) is 44.7. The quantitative estimate of drug-likeness (QED) is 0.0163. The van der Waals surface area contributed by atoms with Gasteiger partial charge in [0.05, 0.1) is 42.1 Å². The molecule has 0 aliphatic carbocycles. The summed E-state index contributed by atoms with van der Waals surface area (Å²) >= 11 is 38.9. The smallest absolute Gasteiger partial charge is 1.00 e. The zero-order valence-electron chi connectivity index (χ0n) is 64.8. The Labute approximate surface area is 797 Å². The van der Waals surface area contributed by atoms with Crippen LogP contribution in [-0.2, 0) is 40.2 Å². The van der Waals surface area contributed by atoms with Crippen LogP contribution in [0.3, 0.4) is 0 Å². The number of nitrogens with zero attached hydrogens (tertiary/aromatic N) is 5. The summed E-state index contributed by atoms with van der Waals surface area (Å²) in [5, 5.41) is 72.4. The number of thiol groups is 1. The molecular formula is C77H75B4Br2Cl5K2N5O18S. The minimum absolute atomic E-state index is 0. The van der Waals surface area contributed by atoms with E-state index in [4.69, 9.17) is 101 Å². The summed E-state index contributed by atoms with van der Waals surface area (Å²) < 4.78 is 33.6. The SMILES string of the molecule is CC1(C)OB(c2ccc(Cl)cc2)OC1(C)C.CC1(C)OB(c2ccc(OCc3cc([N+](=O)[O-])ccc3-c3ccc(Cl)cc3)cc2)OC1(C)C.Cc1cc([N+](=O)[O-])ccc1-c1ccc(Cl)cc1.Cc1cc([N+](=O)[O-])ccc1Br.O=CO[O-].O=[N+]([O-])c1ccc(-c2ccc(Cl)cc2)c(CBr)c1.OB(O)c1ccc(Cl)cc1.[B]=NS.[H-].[K+].[K+]. The molecule has 0 atom stereocenters. The molecule has 23 nitrogen and oxygen atoms in total. The van der Waals surface area contributed by atoms with Gasteiger partial charge >= 0.3 is 149 Å². The van der Waals surface area contributed by atoms with Crippen LogP contribution < -0.4 is 129 Å². The Hall–Kier alpha value is -5.12. The molecule has 0 amide bonds. The van der Waals surface area contributed by atoms with Crippen molar-refractivity contribution in [2.75, 3.05) is 0 Å². The van der Waals surface area contributed by atoms with Crippen LogP contribution in [0.1, 0.15) is 79.1 Å². The summed E-state index contributed by atoms with van der Waals surface area (Å²) in [5.74, 6) is 0.642. The maximum atomic E-state index is 11.3. The third-order valence-corrected chi connectivity index (χ3v) is 20.1. The van der Waals surface area contributed by atoms with Crippen molar-refractivity contribution >= 4 is 177 Å². The van der Waals surface area contributed by atoms with Gasteiger partial charge in [0.25, 0.3) is 29.2 Å². The second kappa shape index (κ2) is 49.4. The first kappa shape index (κ1) is 103. The number of nitro groups is 4. The second-order valence-corrected chi connectivity index (χ2v) is 29.9.